The molecule has 7 heteroatoms. The van der Waals surface area contributed by atoms with E-state index in [0.717, 1.165) is 21.2 Å². The van der Waals surface area contributed by atoms with Crippen molar-refractivity contribution >= 4 is 39.9 Å². The molecule has 0 aliphatic rings. The first-order chi connectivity index (χ1) is 12.4. The normalized spacial score (nSPS) is 11.9. The van der Waals surface area contributed by atoms with Gasteiger partial charge in [-0.2, -0.15) is 0 Å². The Morgan fingerprint density at radius 2 is 2.04 bits per heavy atom. The molecule has 140 valence electrons. The maximum absolute atomic E-state index is 13.7. The van der Waals surface area contributed by atoms with Crippen LogP contribution in [0.2, 0.25) is 0 Å². The Bertz CT molecular complexity index is 770. The van der Waals surface area contributed by atoms with Gasteiger partial charge in [0.05, 0.1) is 17.4 Å². The van der Waals surface area contributed by atoms with Crippen LogP contribution in [-0.4, -0.2) is 23.7 Å². The van der Waals surface area contributed by atoms with Crippen LogP contribution in [-0.2, 0) is 4.84 Å². The molecule has 5 nitrogen and oxygen atoms in total. The third kappa shape index (κ3) is 5.93. The van der Waals surface area contributed by atoms with Gasteiger partial charge in [-0.3, -0.25) is 9.63 Å². The van der Waals surface area contributed by atoms with Crippen molar-refractivity contribution in [2.24, 2.45) is 0 Å². The molecule has 0 aliphatic carbocycles. The molecule has 0 aromatic heterocycles. The summed E-state index contributed by atoms with van der Waals surface area (Å²) in [7, 11) is 0. The smallest absolute Gasteiger partial charge is 0.276 e. The highest BCUT2D eigenvalue weighted by atomic mass is 127. The second-order valence-corrected chi connectivity index (χ2v) is 7.20. The molecule has 1 unspecified atom stereocenters. The van der Waals surface area contributed by atoms with Crippen LogP contribution in [0.3, 0.4) is 0 Å². The second kappa shape index (κ2) is 9.84. The lowest BCUT2D eigenvalue weighted by atomic mass is 10.1. The van der Waals surface area contributed by atoms with Crippen molar-refractivity contribution in [3.05, 3.63) is 56.9 Å². The van der Waals surface area contributed by atoms with Crippen LogP contribution in [0.4, 0.5) is 15.8 Å². The summed E-state index contributed by atoms with van der Waals surface area (Å²) in [5.74, 6) is -0.967. The van der Waals surface area contributed by atoms with Gasteiger partial charge in [0, 0.05) is 9.26 Å². The Morgan fingerprint density at radius 3 is 2.73 bits per heavy atom. The number of aryl methyl sites for hydroxylation is 1. The number of aliphatic hydroxyl groups excluding tert-OH is 1. The molecule has 2 rings (SSSR count). The summed E-state index contributed by atoms with van der Waals surface area (Å²) >= 11 is 2.21. The molecular formula is C19H22FIN2O3. The van der Waals surface area contributed by atoms with Gasteiger partial charge in [0.1, 0.15) is 12.4 Å². The summed E-state index contributed by atoms with van der Waals surface area (Å²) in [5.41, 5.74) is 4.64. The zero-order chi connectivity index (χ0) is 19.1. The summed E-state index contributed by atoms with van der Waals surface area (Å²) in [6.07, 6.45) is 0.770. The minimum absolute atomic E-state index is 0.000231. The Hall–Kier alpha value is -1.71. The third-order valence-corrected chi connectivity index (χ3v) is 4.42. The fourth-order valence-corrected chi connectivity index (χ4v) is 3.05. The molecule has 0 radical (unpaired) electrons. The predicted octanol–water partition coefficient (Wildman–Crippen LogP) is 4.30. The molecule has 1 atom stereocenters. The number of halogens is 2. The topological polar surface area (TPSA) is 70.6 Å². The molecule has 26 heavy (non-hydrogen) atoms. The van der Waals surface area contributed by atoms with Gasteiger partial charge < -0.3 is 10.4 Å². The van der Waals surface area contributed by atoms with Gasteiger partial charge in [-0.25, -0.2) is 9.87 Å². The van der Waals surface area contributed by atoms with E-state index in [4.69, 9.17) is 4.84 Å². The zero-order valence-corrected chi connectivity index (χ0v) is 16.8. The molecular weight excluding hydrogens is 450 g/mol. The number of rotatable bonds is 8. The molecule has 0 heterocycles. The fourth-order valence-electron chi connectivity index (χ4n) is 2.41. The van der Waals surface area contributed by atoms with E-state index < -0.39 is 17.8 Å². The van der Waals surface area contributed by atoms with Crippen LogP contribution in [0.5, 0.6) is 0 Å². The number of anilines is 2. The highest BCUT2D eigenvalue weighted by Crippen LogP contribution is 2.25. The van der Waals surface area contributed by atoms with E-state index in [1.165, 1.54) is 18.2 Å². The molecule has 0 fully saturated rings. The summed E-state index contributed by atoms with van der Waals surface area (Å²) in [6.45, 7) is 3.88. The number of hydroxylamine groups is 1. The summed E-state index contributed by atoms with van der Waals surface area (Å²) in [4.78, 5) is 17.4. The van der Waals surface area contributed by atoms with Crippen molar-refractivity contribution in [1.82, 2.24) is 5.48 Å². The quantitative estimate of drug-likeness (QED) is 0.396. The molecule has 2 aromatic carbocycles. The molecule has 0 aliphatic heterocycles. The molecule has 0 saturated carbocycles. The van der Waals surface area contributed by atoms with Crippen molar-refractivity contribution < 1.29 is 19.1 Å². The van der Waals surface area contributed by atoms with Crippen LogP contribution in [0, 0.1) is 16.3 Å². The van der Waals surface area contributed by atoms with Gasteiger partial charge >= 0.3 is 0 Å². The number of aliphatic hydroxyl groups is 1. The van der Waals surface area contributed by atoms with E-state index in [0.29, 0.717) is 12.1 Å². The maximum atomic E-state index is 13.7. The van der Waals surface area contributed by atoms with Gasteiger partial charge in [-0.15, -0.1) is 0 Å². The molecule has 2 aromatic rings. The minimum Gasteiger partial charge on any atom is -0.391 e. The van der Waals surface area contributed by atoms with Gasteiger partial charge in [-0.05, 0) is 77.9 Å². The Balaban J connectivity index is 2.12. The first-order valence-electron chi connectivity index (χ1n) is 8.33. The number of nitrogens with one attached hydrogen (secondary N) is 2. The maximum Gasteiger partial charge on any atom is 0.276 e. The lowest BCUT2D eigenvalue weighted by Gasteiger charge is -2.15. The van der Waals surface area contributed by atoms with Crippen molar-refractivity contribution in [2.45, 2.75) is 32.8 Å². The number of hydrogen-bond acceptors (Lipinski definition) is 4. The van der Waals surface area contributed by atoms with E-state index in [2.05, 4.69) is 33.4 Å². The third-order valence-electron chi connectivity index (χ3n) is 3.75. The second-order valence-electron chi connectivity index (χ2n) is 5.96. The molecule has 3 N–H and O–H groups in total. The summed E-state index contributed by atoms with van der Waals surface area (Å²) < 4.78 is 14.8. The number of amides is 1. The minimum atomic E-state index is -0.638. The van der Waals surface area contributed by atoms with Crippen LogP contribution in [0.15, 0.2) is 36.4 Å². The summed E-state index contributed by atoms with van der Waals surface area (Å²) in [6, 6.07) is 9.65. The van der Waals surface area contributed by atoms with Crippen LogP contribution in [0.25, 0.3) is 0 Å². The van der Waals surface area contributed by atoms with Crippen LogP contribution in [0.1, 0.15) is 35.7 Å². The van der Waals surface area contributed by atoms with Crippen molar-refractivity contribution in [3.8, 4) is 0 Å². The highest BCUT2D eigenvalue weighted by molar-refractivity contribution is 14.1. The predicted molar refractivity (Wildman–Crippen MR) is 108 cm³/mol. The SMILES string of the molecule is CCCC(O)CONC(=O)c1ccc(F)cc1Nc1ccc(I)cc1C. The van der Waals surface area contributed by atoms with E-state index in [9.17, 15) is 14.3 Å². The van der Waals surface area contributed by atoms with E-state index >= 15 is 0 Å². The van der Waals surface area contributed by atoms with E-state index in [1.807, 2.05) is 32.0 Å². The number of hydrogen-bond donors (Lipinski definition) is 3. The van der Waals surface area contributed by atoms with Crippen molar-refractivity contribution in [2.75, 3.05) is 11.9 Å². The average molecular weight is 472 g/mol. The first kappa shape index (κ1) is 20.6. The molecule has 0 bridgehead atoms. The molecule has 0 spiro atoms. The highest BCUT2D eigenvalue weighted by Gasteiger charge is 2.14. The zero-order valence-electron chi connectivity index (χ0n) is 14.7. The average Bonchev–Trinajstić information content (AvgIpc) is 2.57. The number of benzene rings is 2. The van der Waals surface area contributed by atoms with Crippen LogP contribution < -0.4 is 10.8 Å². The molecule has 1 amide bonds. The van der Waals surface area contributed by atoms with E-state index in [1.54, 1.807) is 0 Å². The van der Waals surface area contributed by atoms with Crippen molar-refractivity contribution in [1.29, 1.82) is 0 Å². The van der Waals surface area contributed by atoms with Gasteiger partial charge in [-0.1, -0.05) is 13.3 Å². The van der Waals surface area contributed by atoms with Gasteiger partial charge in [0.25, 0.3) is 5.91 Å². The van der Waals surface area contributed by atoms with Crippen LogP contribution >= 0.6 is 22.6 Å². The number of carbonyl (C=O) groups is 1. The van der Waals surface area contributed by atoms with Crippen molar-refractivity contribution in [3.63, 3.8) is 0 Å². The van der Waals surface area contributed by atoms with Gasteiger partial charge in [0.2, 0.25) is 0 Å². The Labute approximate surface area is 166 Å². The molecule has 0 saturated heterocycles. The largest absolute Gasteiger partial charge is 0.391 e. The van der Waals surface area contributed by atoms with E-state index in [-0.39, 0.29) is 12.2 Å². The Morgan fingerprint density at radius 1 is 1.27 bits per heavy atom. The van der Waals surface area contributed by atoms with Gasteiger partial charge in [0.15, 0.2) is 0 Å². The standard InChI is InChI=1S/C19H22FIN2O3/c1-3-4-15(24)11-26-23-19(25)16-7-5-13(20)10-18(16)22-17-8-6-14(21)9-12(17)2/h5-10,15,22,24H,3-4,11H2,1-2H3,(H,23,25). The monoisotopic (exact) mass is 472 g/mol. The number of carbonyl (C=O) groups excluding carboxylic acids is 1. The fraction of sp³-hybridized carbons (Fsp3) is 0.316. The summed E-state index contributed by atoms with van der Waals surface area (Å²) in [5, 5.41) is 12.7. The first-order valence-corrected chi connectivity index (χ1v) is 9.41. The Kier molecular flexibility index (Phi) is 7.80. The lowest BCUT2D eigenvalue weighted by Crippen LogP contribution is -2.28. The lowest BCUT2D eigenvalue weighted by molar-refractivity contribution is -0.0149.